The molecule has 1 amide bonds. The zero-order valence-electron chi connectivity index (χ0n) is 21.0. The summed E-state index contributed by atoms with van der Waals surface area (Å²) in [5.74, 6) is -0.107. The van der Waals surface area contributed by atoms with Crippen molar-refractivity contribution in [2.24, 2.45) is 0 Å². The highest BCUT2D eigenvalue weighted by Gasteiger charge is 2.20. The van der Waals surface area contributed by atoms with Gasteiger partial charge in [-0.1, -0.05) is 60.7 Å². The van der Waals surface area contributed by atoms with Crippen LogP contribution in [0.5, 0.6) is 0 Å². The standard InChI is InChI=1S/C28H27N5O3S3/c1-18(34)29-22-13-9-20(10-14-22)25-16-38-28(32-25)31-24(15-19-7-11-23(12-8-19)33-39(35)36)26-17-37-27(30-26)21-5-3-2-4-6-21/h2-11,13-14,16-17,23-24,33H,12,15H2,1H3,(H,29,34)(H,31,32)(H,35,36)/t23?,24-/m0/s1. The van der Waals surface area contributed by atoms with Gasteiger partial charge in [0.15, 0.2) is 5.13 Å². The third-order valence-corrected chi connectivity index (χ3v) is 8.26. The minimum absolute atomic E-state index is 0.107. The summed E-state index contributed by atoms with van der Waals surface area (Å²) in [5.41, 5.74) is 5.68. The lowest BCUT2D eigenvalue weighted by atomic mass is 9.97. The molecule has 39 heavy (non-hydrogen) atoms. The summed E-state index contributed by atoms with van der Waals surface area (Å²) in [4.78, 5) is 21.1. The van der Waals surface area contributed by atoms with Crippen molar-refractivity contribution >= 4 is 50.7 Å². The van der Waals surface area contributed by atoms with E-state index in [9.17, 15) is 9.00 Å². The molecule has 2 aromatic heterocycles. The number of rotatable bonds is 10. The molecule has 3 atom stereocenters. The van der Waals surface area contributed by atoms with Crippen molar-refractivity contribution in [1.82, 2.24) is 14.7 Å². The number of nitrogens with zero attached hydrogens (tertiary/aromatic N) is 2. The van der Waals surface area contributed by atoms with Crippen LogP contribution < -0.4 is 15.4 Å². The Morgan fingerprint density at radius 1 is 1.08 bits per heavy atom. The zero-order chi connectivity index (χ0) is 27.2. The van der Waals surface area contributed by atoms with E-state index in [0.717, 1.165) is 43.9 Å². The Kier molecular flexibility index (Phi) is 8.74. The molecule has 200 valence electrons. The van der Waals surface area contributed by atoms with Gasteiger partial charge in [-0.25, -0.2) is 18.9 Å². The summed E-state index contributed by atoms with van der Waals surface area (Å²) in [6.45, 7) is 1.49. The summed E-state index contributed by atoms with van der Waals surface area (Å²) in [7, 11) is 0. The lowest BCUT2D eigenvalue weighted by molar-refractivity contribution is -0.114. The van der Waals surface area contributed by atoms with Crippen LogP contribution in [0.4, 0.5) is 10.8 Å². The summed E-state index contributed by atoms with van der Waals surface area (Å²) in [5, 5.41) is 12.2. The molecule has 1 aliphatic rings. The Hall–Kier alpha value is -3.48. The number of aromatic nitrogens is 2. The second kappa shape index (κ2) is 12.6. The smallest absolute Gasteiger partial charge is 0.232 e. The lowest BCUT2D eigenvalue weighted by Crippen LogP contribution is -2.29. The van der Waals surface area contributed by atoms with E-state index >= 15 is 0 Å². The zero-order valence-corrected chi connectivity index (χ0v) is 23.5. The molecule has 2 unspecified atom stereocenters. The van der Waals surface area contributed by atoms with Gasteiger partial charge in [0.05, 0.1) is 17.4 Å². The minimum atomic E-state index is -2.05. The summed E-state index contributed by atoms with van der Waals surface area (Å²) >= 11 is 1.09. The van der Waals surface area contributed by atoms with Crippen LogP contribution in [0, 0.1) is 0 Å². The molecule has 11 heteroatoms. The number of amides is 1. The Morgan fingerprint density at radius 2 is 1.87 bits per heavy atom. The van der Waals surface area contributed by atoms with Crippen LogP contribution in [-0.2, 0) is 16.1 Å². The van der Waals surface area contributed by atoms with Gasteiger partial charge in [-0.15, -0.1) is 22.7 Å². The molecule has 0 saturated carbocycles. The van der Waals surface area contributed by atoms with Gasteiger partial charge in [0.2, 0.25) is 17.2 Å². The fraction of sp³-hybridized carbons (Fsp3) is 0.179. The van der Waals surface area contributed by atoms with Gasteiger partial charge in [-0.05, 0) is 30.5 Å². The third kappa shape index (κ3) is 7.34. The van der Waals surface area contributed by atoms with Crippen LogP contribution in [0.2, 0.25) is 0 Å². The monoisotopic (exact) mass is 577 g/mol. The van der Waals surface area contributed by atoms with E-state index in [1.807, 2.05) is 60.0 Å². The van der Waals surface area contributed by atoms with E-state index in [1.54, 1.807) is 11.3 Å². The van der Waals surface area contributed by atoms with Gasteiger partial charge < -0.3 is 10.6 Å². The third-order valence-electron chi connectivity index (χ3n) is 6.07. The van der Waals surface area contributed by atoms with Crippen molar-refractivity contribution < 1.29 is 13.6 Å². The number of thiazole rings is 2. The lowest BCUT2D eigenvalue weighted by Gasteiger charge is -2.20. The van der Waals surface area contributed by atoms with Gasteiger partial charge >= 0.3 is 0 Å². The molecule has 0 radical (unpaired) electrons. The summed E-state index contributed by atoms with van der Waals surface area (Å²) in [6, 6.07) is 17.4. The van der Waals surface area contributed by atoms with Gasteiger partial charge in [-0.2, -0.15) is 0 Å². The van der Waals surface area contributed by atoms with Crippen molar-refractivity contribution in [2.45, 2.75) is 31.8 Å². The second-order valence-electron chi connectivity index (χ2n) is 8.99. The number of anilines is 2. The molecule has 0 bridgehead atoms. The maximum Gasteiger partial charge on any atom is 0.232 e. The quantitative estimate of drug-likeness (QED) is 0.162. The van der Waals surface area contributed by atoms with Crippen LogP contribution in [0.1, 0.15) is 31.5 Å². The molecule has 2 heterocycles. The molecule has 2 aromatic carbocycles. The predicted octanol–water partition coefficient (Wildman–Crippen LogP) is 6.42. The Bertz CT molecular complexity index is 1510. The van der Waals surface area contributed by atoms with Crippen LogP contribution >= 0.6 is 22.7 Å². The fourth-order valence-electron chi connectivity index (χ4n) is 4.21. The molecular formula is C28H27N5O3S3. The highest BCUT2D eigenvalue weighted by molar-refractivity contribution is 7.77. The number of nitrogens with one attached hydrogen (secondary N) is 3. The first-order valence-corrected chi connectivity index (χ1v) is 15.1. The van der Waals surface area contributed by atoms with Crippen molar-refractivity contribution in [3.63, 3.8) is 0 Å². The van der Waals surface area contributed by atoms with E-state index in [-0.39, 0.29) is 18.0 Å². The fourth-order valence-corrected chi connectivity index (χ4v) is 6.29. The molecule has 0 fully saturated rings. The largest absolute Gasteiger partial charge is 0.353 e. The van der Waals surface area contributed by atoms with Crippen LogP contribution in [0.25, 0.3) is 21.8 Å². The molecule has 0 spiro atoms. The van der Waals surface area contributed by atoms with E-state index in [0.29, 0.717) is 12.8 Å². The molecular weight excluding hydrogens is 551 g/mol. The number of hydrogen-bond acceptors (Lipinski definition) is 7. The number of allylic oxidation sites excluding steroid dienone is 1. The topological polar surface area (TPSA) is 116 Å². The molecule has 0 saturated heterocycles. The average molecular weight is 578 g/mol. The molecule has 4 N–H and O–H groups in total. The van der Waals surface area contributed by atoms with Crippen LogP contribution in [0.15, 0.2) is 89.2 Å². The molecule has 0 aliphatic heterocycles. The maximum atomic E-state index is 11.3. The highest BCUT2D eigenvalue weighted by Crippen LogP contribution is 2.34. The van der Waals surface area contributed by atoms with Crippen LogP contribution in [0.3, 0.4) is 0 Å². The number of carbonyl (C=O) groups excluding carboxylic acids is 1. The first kappa shape index (κ1) is 27.1. The van der Waals surface area contributed by atoms with Gasteiger partial charge in [0, 0.05) is 40.5 Å². The number of carbonyl (C=O) groups is 1. The second-order valence-corrected chi connectivity index (χ2v) is 11.4. The summed E-state index contributed by atoms with van der Waals surface area (Å²) < 4.78 is 22.8. The Morgan fingerprint density at radius 3 is 2.56 bits per heavy atom. The Labute approximate surface area is 237 Å². The molecule has 8 nitrogen and oxygen atoms in total. The van der Waals surface area contributed by atoms with E-state index in [1.165, 1.54) is 18.3 Å². The summed E-state index contributed by atoms with van der Waals surface area (Å²) in [6.07, 6.45) is 7.32. The Balaban J connectivity index is 1.35. The minimum Gasteiger partial charge on any atom is -0.353 e. The molecule has 5 rings (SSSR count). The van der Waals surface area contributed by atoms with Gasteiger partial charge in [0.25, 0.3) is 0 Å². The van der Waals surface area contributed by atoms with Crippen molar-refractivity contribution in [2.75, 3.05) is 10.6 Å². The SMILES string of the molecule is CC(=O)Nc1ccc(-c2csc(N[C@@H](CC3=CCC(NS(=O)O)C=C3)c3csc(-c4ccccc4)n3)n2)cc1. The molecule has 1 aliphatic carbocycles. The van der Waals surface area contributed by atoms with E-state index < -0.39 is 11.3 Å². The first-order chi connectivity index (χ1) is 18.9. The van der Waals surface area contributed by atoms with E-state index in [2.05, 4.69) is 38.9 Å². The normalized spacial score (nSPS) is 16.4. The first-order valence-electron chi connectivity index (χ1n) is 12.3. The maximum absolute atomic E-state index is 11.3. The van der Waals surface area contributed by atoms with Gasteiger partial charge in [0.1, 0.15) is 5.01 Å². The van der Waals surface area contributed by atoms with Crippen LogP contribution in [-0.4, -0.2) is 30.7 Å². The predicted molar refractivity (Wildman–Crippen MR) is 160 cm³/mol. The highest BCUT2D eigenvalue weighted by atomic mass is 32.2. The van der Waals surface area contributed by atoms with Crippen molar-refractivity contribution in [3.05, 3.63) is 94.9 Å². The number of hydrogen-bond donors (Lipinski definition) is 4. The van der Waals surface area contributed by atoms with Gasteiger partial charge in [-0.3, -0.25) is 9.35 Å². The molecule has 4 aromatic rings. The van der Waals surface area contributed by atoms with Crippen molar-refractivity contribution in [3.8, 4) is 21.8 Å². The van der Waals surface area contributed by atoms with E-state index in [4.69, 9.17) is 14.5 Å². The number of benzene rings is 2. The van der Waals surface area contributed by atoms with Crippen molar-refractivity contribution in [1.29, 1.82) is 0 Å². The average Bonchev–Trinajstić information content (AvgIpc) is 3.60.